The van der Waals surface area contributed by atoms with Crippen molar-refractivity contribution in [3.8, 4) is 5.75 Å². The molecule has 2 atom stereocenters. The average molecular weight is 597 g/mol. The van der Waals surface area contributed by atoms with E-state index in [4.69, 9.17) is 9.47 Å². The third-order valence-electron chi connectivity index (χ3n) is 8.09. The third-order valence-corrected chi connectivity index (χ3v) is 11.5. The zero-order chi connectivity index (χ0) is 28.3. The summed E-state index contributed by atoms with van der Waals surface area (Å²) in [5, 5.41) is 1.64. The van der Waals surface area contributed by atoms with Crippen LogP contribution in [0.25, 0.3) is 10.1 Å². The van der Waals surface area contributed by atoms with Gasteiger partial charge in [-0.15, -0.1) is 24.5 Å². The van der Waals surface area contributed by atoms with E-state index in [-0.39, 0.29) is 25.4 Å². The Kier molecular flexibility index (Phi) is 7.06. The van der Waals surface area contributed by atoms with Crippen molar-refractivity contribution in [2.45, 2.75) is 57.7 Å². The highest BCUT2D eigenvalue weighted by Gasteiger charge is 2.44. The standard InChI is InChI=1S/C28H31F3N2O5S2/c1-18-16-24(18)23-5-3-4-22-19(2)26(39-25(22)23)33(17-20-6-8-21(9-7-20)38-28(29,30)31)40(34,35)32-12-10-27(11-13-32)36-14-15-37-27/h3-9,18,24H,10-17H2,1-2H3. The Balaban J connectivity index is 1.36. The van der Waals surface area contributed by atoms with Gasteiger partial charge in [0.25, 0.3) is 0 Å². The summed E-state index contributed by atoms with van der Waals surface area (Å²) in [6.45, 7) is 5.59. The van der Waals surface area contributed by atoms with Crippen molar-refractivity contribution in [2.75, 3.05) is 30.6 Å². The van der Waals surface area contributed by atoms with E-state index in [9.17, 15) is 21.6 Å². The molecule has 1 aromatic heterocycles. The maximum absolute atomic E-state index is 14.3. The number of nitrogens with zero attached hydrogens (tertiary/aromatic N) is 2. The van der Waals surface area contributed by atoms with Crippen LogP contribution in [-0.2, 0) is 26.2 Å². The Morgan fingerprint density at radius 2 is 1.75 bits per heavy atom. The molecule has 0 N–H and O–H groups in total. The van der Waals surface area contributed by atoms with Crippen LogP contribution in [0.1, 0.15) is 48.8 Å². The molecule has 0 amide bonds. The quantitative estimate of drug-likeness (QED) is 0.319. The molecular formula is C28H31F3N2O5S2. The van der Waals surface area contributed by atoms with E-state index in [1.165, 1.54) is 49.8 Å². The van der Waals surface area contributed by atoms with Crippen LogP contribution in [0.15, 0.2) is 42.5 Å². The van der Waals surface area contributed by atoms with Gasteiger partial charge in [0.05, 0.1) is 19.8 Å². The second kappa shape index (κ2) is 10.2. The van der Waals surface area contributed by atoms with Gasteiger partial charge in [0.1, 0.15) is 10.8 Å². The average Bonchev–Trinajstić information content (AvgIpc) is 3.30. The molecule has 6 rings (SSSR count). The normalized spacial score (nSPS) is 23.1. The van der Waals surface area contributed by atoms with E-state index in [1.807, 2.05) is 19.1 Å². The van der Waals surface area contributed by atoms with Gasteiger partial charge in [0.15, 0.2) is 5.79 Å². The van der Waals surface area contributed by atoms with Gasteiger partial charge in [-0.3, -0.25) is 0 Å². The Labute approximate surface area is 235 Å². The van der Waals surface area contributed by atoms with E-state index < -0.39 is 22.4 Å². The van der Waals surface area contributed by atoms with Crippen molar-refractivity contribution in [3.05, 3.63) is 59.2 Å². The number of aryl methyl sites for hydroxylation is 1. The van der Waals surface area contributed by atoms with Crippen molar-refractivity contribution >= 4 is 36.6 Å². The summed E-state index contributed by atoms with van der Waals surface area (Å²) in [7, 11) is -4.00. The number of piperidine rings is 1. The minimum Gasteiger partial charge on any atom is -0.406 e. The van der Waals surface area contributed by atoms with Crippen LogP contribution in [0.2, 0.25) is 0 Å². The van der Waals surface area contributed by atoms with Gasteiger partial charge in [-0.05, 0) is 59.4 Å². The first-order valence-electron chi connectivity index (χ1n) is 13.4. The Morgan fingerprint density at radius 3 is 2.35 bits per heavy atom. The molecule has 0 bridgehead atoms. The highest BCUT2D eigenvalue weighted by Crippen LogP contribution is 2.52. The molecule has 2 unspecified atom stereocenters. The summed E-state index contributed by atoms with van der Waals surface area (Å²) >= 11 is 1.47. The van der Waals surface area contributed by atoms with Crippen molar-refractivity contribution < 1.29 is 35.8 Å². The lowest BCUT2D eigenvalue weighted by Crippen LogP contribution is -2.51. The first kappa shape index (κ1) is 27.8. The van der Waals surface area contributed by atoms with Crippen molar-refractivity contribution in [1.82, 2.24) is 4.31 Å². The number of hydrogen-bond donors (Lipinski definition) is 0. The minimum absolute atomic E-state index is 0.0356. The number of thiophene rings is 1. The first-order valence-corrected chi connectivity index (χ1v) is 15.6. The molecule has 2 aromatic carbocycles. The lowest BCUT2D eigenvalue weighted by atomic mass is 10.1. The molecule has 40 heavy (non-hydrogen) atoms. The van der Waals surface area contributed by atoms with E-state index in [0.717, 1.165) is 22.1 Å². The second-order valence-corrected chi connectivity index (χ2v) is 13.6. The Morgan fingerprint density at radius 1 is 1.10 bits per heavy atom. The van der Waals surface area contributed by atoms with Crippen LogP contribution in [0.3, 0.4) is 0 Å². The van der Waals surface area contributed by atoms with Crippen molar-refractivity contribution in [3.63, 3.8) is 0 Å². The fraction of sp³-hybridized carbons (Fsp3) is 0.500. The smallest absolute Gasteiger partial charge is 0.406 e. The van der Waals surface area contributed by atoms with Crippen LogP contribution in [0.5, 0.6) is 5.75 Å². The molecule has 2 saturated heterocycles. The zero-order valence-electron chi connectivity index (χ0n) is 22.2. The molecule has 3 aromatic rings. The number of fused-ring (bicyclic) bond motifs is 1. The lowest BCUT2D eigenvalue weighted by Gasteiger charge is -2.39. The van der Waals surface area contributed by atoms with Crippen molar-refractivity contribution in [2.24, 2.45) is 5.92 Å². The Bertz CT molecular complexity index is 1490. The minimum atomic E-state index is -4.81. The molecule has 216 valence electrons. The molecule has 0 radical (unpaired) electrons. The molecule has 3 aliphatic rings. The maximum Gasteiger partial charge on any atom is 0.573 e. The molecule has 3 heterocycles. The van der Waals surface area contributed by atoms with Gasteiger partial charge >= 0.3 is 16.6 Å². The van der Waals surface area contributed by atoms with E-state index in [0.29, 0.717) is 48.5 Å². The molecule has 1 spiro atoms. The van der Waals surface area contributed by atoms with Crippen LogP contribution < -0.4 is 9.04 Å². The molecule has 12 heteroatoms. The highest BCUT2D eigenvalue weighted by molar-refractivity contribution is 7.90. The summed E-state index contributed by atoms with van der Waals surface area (Å²) < 4.78 is 86.1. The van der Waals surface area contributed by atoms with Gasteiger partial charge in [-0.2, -0.15) is 12.7 Å². The van der Waals surface area contributed by atoms with E-state index in [2.05, 4.69) is 17.7 Å². The van der Waals surface area contributed by atoms with E-state index in [1.54, 1.807) is 0 Å². The molecule has 3 fully saturated rings. The van der Waals surface area contributed by atoms with E-state index >= 15 is 0 Å². The van der Waals surface area contributed by atoms with Crippen LogP contribution in [0.4, 0.5) is 18.2 Å². The summed E-state index contributed by atoms with van der Waals surface area (Å²) in [6, 6.07) is 11.5. The monoisotopic (exact) mass is 596 g/mol. The predicted octanol–water partition coefficient (Wildman–Crippen LogP) is 6.32. The predicted molar refractivity (Wildman–Crippen MR) is 147 cm³/mol. The molecule has 1 aliphatic carbocycles. The lowest BCUT2D eigenvalue weighted by molar-refractivity contribution is -0.274. The molecule has 7 nitrogen and oxygen atoms in total. The topological polar surface area (TPSA) is 68.3 Å². The maximum atomic E-state index is 14.3. The summed E-state index contributed by atoms with van der Waals surface area (Å²) in [5.41, 5.74) is 2.65. The number of rotatable bonds is 7. The van der Waals surface area contributed by atoms with Gasteiger partial charge in [0, 0.05) is 30.6 Å². The van der Waals surface area contributed by atoms with Gasteiger partial charge in [0.2, 0.25) is 0 Å². The number of anilines is 1. The molecule has 2 aliphatic heterocycles. The zero-order valence-corrected chi connectivity index (χ0v) is 23.9. The summed E-state index contributed by atoms with van der Waals surface area (Å²) in [6.07, 6.45) is -2.84. The molecular weight excluding hydrogens is 565 g/mol. The summed E-state index contributed by atoms with van der Waals surface area (Å²) in [4.78, 5) is 0. The van der Waals surface area contributed by atoms with Crippen LogP contribution in [0, 0.1) is 12.8 Å². The van der Waals surface area contributed by atoms with Crippen LogP contribution in [-0.4, -0.2) is 51.2 Å². The molecule has 1 saturated carbocycles. The number of halogens is 3. The largest absolute Gasteiger partial charge is 0.573 e. The third kappa shape index (κ3) is 5.32. The number of alkyl halides is 3. The number of benzene rings is 2. The van der Waals surface area contributed by atoms with Crippen LogP contribution >= 0.6 is 11.3 Å². The summed E-state index contributed by atoms with van der Waals surface area (Å²) in [5.74, 6) is -0.0288. The number of ether oxygens (including phenoxy) is 3. The SMILES string of the molecule is Cc1c(N(Cc2ccc(OC(F)(F)F)cc2)S(=O)(=O)N2CCC3(CC2)OCCO3)sc2c(C3CC3C)cccc12. The highest BCUT2D eigenvalue weighted by atomic mass is 32.2. The van der Waals surface area contributed by atoms with Gasteiger partial charge in [-0.1, -0.05) is 37.3 Å². The fourth-order valence-corrected chi connectivity index (χ4v) is 9.01. The van der Waals surface area contributed by atoms with Gasteiger partial charge < -0.3 is 14.2 Å². The Hall–Kier alpha value is -2.38. The first-order chi connectivity index (χ1) is 19.0. The van der Waals surface area contributed by atoms with Gasteiger partial charge in [-0.25, -0.2) is 4.31 Å². The number of hydrogen-bond acceptors (Lipinski definition) is 6. The second-order valence-electron chi connectivity index (χ2n) is 10.8. The van der Waals surface area contributed by atoms with Crippen molar-refractivity contribution in [1.29, 1.82) is 0 Å². The fourth-order valence-electron chi connectivity index (χ4n) is 5.74.